The Kier molecular flexibility index (Phi) is 4.52. The minimum Gasteiger partial charge on any atom is -0.384 e. The van der Waals surface area contributed by atoms with Gasteiger partial charge in [-0.2, -0.15) is 5.26 Å². The first-order valence-corrected chi connectivity index (χ1v) is 6.60. The molecular formula is C16H16N4O. The summed E-state index contributed by atoms with van der Waals surface area (Å²) < 4.78 is 0. The fourth-order valence-electron chi connectivity index (χ4n) is 2.00. The molecule has 0 saturated heterocycles. The second-order valence-corrected chi connectivity index (χ2v) is 4.76. The van der Waals surface area contributed by atoms with Crippen LogP contribution >= 0.6 is 0 Å². The molecular weight excluding hydrogens is 264 g/mol. The molecule has 1 amide bonds. The van der Waals surface area contributed by atoms with Gasteiger partial charge in [0.05, 0.1) is 11.6 Å². The van der Waals surface area contributed by atoms with Crippen LogP contribution in [0.15, 0.2) is 36.4 Å². The van der Waals surface area contributed by atoms with Crippen molar-refractivity contribution in [3.05, 3.63) is 58.8 Å². The van der Waals surface area contributed by atoms with Gasteiger partial charge in [0.15, 0.2) is 0 Å². The van der Waals surface area contributed by atoms with Crippen LogP contribution in [0.2, 0.25) is 0 Å². The zero-order valence-corrected chi connectivity index (χ0v) is 11.8. The average Bonchev–Trinajstić information content (AvgIpc) is 2.46. The van der Waals surface area contributed by atoms with E-state index < -0.39 is 0 Å². The van der Waals surface area contributed by atoms with E-state index in [2.05, 4.69) is 10.3 Å². The molecule has 2 rings (SSSR count). The van der Waals surface area contributed by atoms with Crippen molar-refractivity contribution >= 4 is 11.7 Å². The van der Waals surface area contributed by atoms with Crippen LogP contribution in [-0.4, -0.2) is 17.4 Å². The summed E-state index contributed by atoms with van der Waals surface area (Å²) in [4.78, 5) is 16.1. The summed E-state index contributed by atoms with van der Waals surface area (Å²) in [5.74, 6) is 0.323. The van der Waals surface area contributed by atoms with Crippen molar-refractivity contribution in [3.63, 3.8) is 0 Å². The number of nitrogens with zero attached hydrogens (tertiary/aromatic N) is 2. The number of hydrogen-bond acceptors (Lipinski definition) is 4. The van der Waals surface area contributed by atoms with Gasteiger partial charge in [-0.25, -0.2) is 4.98 Å². The first-order valence-electron chi connectivity index (χ1n) is 6.60. The number of nitrogen functional groups attached to an aromatic ring is 1. The van der Waals surface area contributed by atoms with E-state index in [-0.39, 0.29) is 5.91 Å². The van der Waals surface area contributed by atoms with Gasteiger partial charge >= 0.3 is 0 Å². The molecule has 0 aliphatic heterocycles. The van der Waals surface area contributed by atoms with Crippen molar-refractivity contribution in [2.45, 2.75) is 13.3 Å². The Hall–Kier alpha value is -2.87. The Bertz CT molecular complexity index is 666. The summed E-state index contributed by atoms with van der Waals surface area (Å²) in [6.07, 6.45) is 0.619. The van der Waals surface area contributed by atoms with Crippen molar-refractivity contribution in [3.8, 4) is 6.07 Å². The predicted molar refractivity (Wildman–Crippen MR) is 80.6 cm³/mol. The van der Waals surface area contributed by atoms with Gasteiger partial charge in [-0.1, -0.05) is 0 Å². The quantitative estimate of drug-likeness (QED) is 0.893. The number of aromatic nitrogens is 1. The number of amides is 1. The maximum atomic E-state index is 11.9. The van der Waals surface area contributed by atoms with E-state index in [1.165, 1.54) is 0 Å². The van der Waals surface area contributed by atoms with Gasteiger partial charge in [0.1, 0.15) is 5.82 Å². The zero-order valence-electron chi connectivity index (χ0n) is 11.8. The number of hydrogen-bond donors (Lipinski definition) is 2. The lowest BCUT2D eigenvalue weighted by Gasteiger charge is -2.06. The number of rotatable bonds is 4. The molecule has 0 fully saturated rings. The normalized spacial score (nSPS) is 9.90. The third-order valence-corrected chi connectivity index (χ3v) is 2.99. The Labute approximate surface area is 123 Å². The highest BCUT2D eigenvalue weighted by Crippen LogP contribution is 2.07. The van der Waals surface area contributed by atoms with E-state index in [4.69, 9.17) is 11.0 Å². The number of anilines is 1. The zero-order chi connectivity index (χ0) is 15.2. The summed E-state index contributed by atoms with van der Waals surface area (Å²) in [6.45, 7) is 2.44. The van der Waals surface area contributed by atoms with Crippen molar-refractivity contribution in [1.82, 2.24) is 10.3 Å². The van der Waals surface area contributed by atoms with Crippen LogP contribution in [0.5, 0.6) is 0 Å². The Balaban J connectivity index is 1.90. The Morgan fingerprint density at radius 2 is 2.05 bits per heavy atom. The van der Waals surface area contributed by atoms with E-state index in [9.17, 15) is 4.79 Å². The lowest BCUT2D eigenvalue weighted by Crippen LogP contribution is -2.25. The largest absolute Gasteiger partial charge is 0.384 e. The van der Waals surface area contributed by atoms with Gasteiger partial charge in [0.2, 0.25) is 0 Å². The topological polar surface area (TPSA) is 91.8 Å². The first kappa shape index (κ1) is 14.5. The summed E-state index contributed by atoms with van der Waals surface area (Å²) in [5, 5.41) is 11.5. The molecule has 21 heavy (non-hydrogen) atoms. The molecule has 106 valence electrons. The van der Waals surface area contributed by atoms with Crippen LogP contribution in [-0.2, 0) is 6.42 Å². The number of pyridine rings is 1. The van der Waals surface area contributed by atoms with Gasteiger partial charge < -0.3 is 11.1 Å². The third-order valence-electron chi connectivity index (χ3n) is 2.99. The minimum atomic E-state index is -0.167. The molecule has 0 saturated carbocycles. The number of nitrogens with two attached hydrogens (primary N) is 1. The number of aryl methyl sites for hydroxylation is 1. The van der Waals surface area contributed by atoms with E-state index >= 15 is 0 Å². The minimum absolute atomic E-state index is 0.167. The van der Waals surface area contributed by atoms with Crippen LogP contribution in [0.25, 0.3) is 0 Å². The average molecular weight is 280 g/mol. The molecule has 1 aromatic heterocycles. The maximum absolute atomic E-state index is 11.9. The second-order valence-electron chi connectivity index (χ2n) is 4.76. The number of nitriles is 1. The number of nitrogens with one attached hydrogen (secondary N) is 1. The number of carbonyl (C=O) groups excluding carboxylic acids is 1. The van der Waals surface area contributed by atoms with Gasteiger partial charge in [-0.15, -0.1) is 0 Å². The Morgan fingerprint density at radius 3 is 2.67 bits per heavy atom. The highest BCUT2D eigenvalue weighted by molar-refractivity contribution is 5.94. The summed E-state index contributed by atoms with van der Waals surface area (Å²) in [6, 6.07) is 12.3. The molecule has 3 N–H and O–H groups in total. The summed E-state index contributed by atoms with van der Waals surface area (Å²) in [7, 11) is 0. The van der Waals surface area contributed by atoms with Crippen molar-refractivity contribution in [1.29, 1.82) is 5.26 Å². The fourth-order valence-corrected chi connectivity index (χ4v) is 2.00. The molecule has 0 bridgehead atoms. The molecule has 0 atom stereocenters. The molecule has 1 heterocycles. The molecule has 2 aromatic rings. The van der Waals surface area contributed by atoms with Gasteiger partial charge in [-0.05, 0) is 48.9 Å². The van der Waals surface area contributed by atoms with E-state index in [1.54, 1.807) is 30.3 Å². The second kappa shape index (κ2) is 6.53. The van der Waals surface area contributed by atoms with Crippen LogP contribution in [0, 0.1) is 18.3 Å². The lowest BCUT2D eigenvalue weighted by atomic mass is 10.1. The fraction of sp³-hybridized carbons (Fsp3) is 0.188. The summed E-state index contributed by atoms with van der Waals surface area (Å²) in [5.41, 5.74) is 8.66. The summed E-state index contributed by atoms with van der Waals surface area (Å²) >= 11 is 0. The van der Waals surface area contributed by atoms with E-state index in [0.29, 0.717) is 29.9 Å². The lowest BCUT2D eigenvalue weighted by molar-refractivity contribution is 0.0954. The SMILES string of the molecule is Cc1cc(N)nc(CCNC(=O)c2ccc(C#N)cc2)c1. The first-order chi connectivity index (χ1) is 10.1. The molecule has 0 spiro atoms. The van der Waals surface area contributed by atoms with Crippen LogP contribution < -0.4 is 11.1 Å². The number of benzene rings is 1. The van der Waals surface area contributed by atoms with Crippen molar-refractivity contribution in [2.24, 2.45) is 0 Å². The molecule has 0 unspecified atom stereocenters. The molecule has 5 nitrogen and oxygen atoms in total. The standard InChI is InChI=1S/C16H16N4O/c1-11-8-14(20-15(18)9-11)6-7-19-16(21)13-4-2-12(10-17)3-5-13/h2-5,8-9H,6-7H2,1H3,(H2,18,20)(H,19,21). The molecule has 1 aromatic carbocycles. The molecule has 0 aliphatic carbocycles. The number of carbonyl (C=O) groups is 1. The molecule has 0 radical (unpaired) electrons. The van der Waals surface area contributed by atoms with Crippen LogP contribution in [0.3, 0.4) is 0 Å². The van der Waals surface area contributed by atoms with Crippen LogP contribution in [0.4, 0.5) is 5.82 Å². The van der Waals surface area contributed by atoms with Crippen molar-refractivity contribution < 1.29 is 4.79 Å². The van der Waals surface area contributed by atoms with E-state index in [1.807, 2.05) is 19.1 Å². The van der Waals surface area contributed by atoms with Crippen LogP contribution in [0.1, 0.15) is 27.2 Å². The van der Waals surface area contributed by atoms with Gasteiger partial charge in [0, 0.05) is 24.2 Å². The molecule has 5 heteroatoms. The predicted octanol–water partition coefficient (Wildman–Crippen LogP) is 1.82. The highest BCUT2D eigenvalue weighted by Gasteiger charge is 2.05. The Morgan fingerprint density at radius 1 is 1.33 bits per heavy atom. The highest BCUT2D eigenvalue weighted by atomic mass is 16.1. The van der Waals surface area contributed by atoms with E-state index in [0.717, 1.165) is 11.3 Å². The van der Waals surface area contributed by atoms with Gasteiger partial charge in [0.25, 0.3) is 5.91 Å². The van der Waals surface area contributed by atoms with Gasteiger partial charge in [-0.3, -0.25) is 4.79 Å². The smallest absolute Gasteiger partial charge is 0.251 e. The van der Waals surface area contributed by atoms with Crippen molar-refractivity contribution in [2.75, 3.05) is 12.3 Å². The third kappa shape index (κ3) is 4.05. The molecule has 0 aliphatic rings. The monoisotopic (exact) mass is 280 g/mol. The maximum Gasteiger partial charge on any atom is 0.251 e.